The first-order valence-electron chi connectivity index (χ1n) is 29.7. The minimum atomic E-state index is -2.90. The minimum Gasteiger partial charge on any atom is -0.506 e. The molecular formula is C56H96Cl2N4O21Si4. The molecule has 2 amide bonds. The van der Waals surface area contributed by atoms with E-state index in [9.17, 15) is 29.8 Å². The van der Waals surface area contributed by atoms with E-state index in [2.05, 4.69) is 111 Å². The molecule has 2 aromatic carbocycles. The maximum absolute atomic E-state index is 11.6. The second kappa shape index (κ2) is 32.8. The number of nitrogens with zero attached hydrogens (tertiary/aromatic N) is 2. The van der Waals surface area contributed by atoms with Crippen LogP contribution in [0.3, 0.4) is 0 Å². The van der Waals surface area contributed by atoms with Crippen molar-refractivity contribution in [2.75, 3.05) is 53.9 Å². The molecule has 2 aromatic rings. The number of primary amides is 2. The summed E-state index contributed by atoms with van der Waals surface area (Å²) in [5.74, 6) is -2.26. The molecule has 6 N–H and O–H groups in total. The first-order chi connectivity index (χ1) is 40.6. The summed E-state index contributed by atoms with van der Waals surface area (Å²) in [6, 6.07) is 4.19. The monoisotopic (exact) mass is 1340 g/mol. The summed E-state index contributed by atoms with van der Waals surface area (Å²) in [4.78, 5) is 42.6. The number of nitro benzene ring substituents is 2. The Morgan fingerprint density at radius 1 is 0.586 bits per heavy atom. The minimum absolute atomic E-state index is 0.00560. The fourth-order valence-electron chi connectivity index (χ4n) is 11.5. The van der Waals surface area contributed by atoms with Gasteiger partial charge in [0.1, 0.15) is 48.1 Å². The van der Waals surface area contributed by atoms with E-state index in [0.717, 1.165) is 18.2 Å². The van der Waals surface area contributed by atoms with E-state index in [1.165, 1.54) is 6.07 Å². The van der Waals surface area contributed by atoms with E-state index >= 15 is 0 Å². The highest BCUT2D eigenvalue weighted by atomic mass is 35.5. The predicted molar refractivity (Wildman–Crippen MR) is 335 cm³/mol. The van der Waals surface area contributed by atoms with Crippen molar-refractivity contribution in [3.63, 3.8) is 0 Å². The number of aliphatic hydroxyl groups excluding tert-OH is 1. The third kappa shape index (κ3) is 17.4. The van der Waals surface area contributed by atoms with Crippen molar-refractivity contribution in [2.24, 2.45) is 11.5 Å². The van der Waals surface area contributed by atoms with Crippen molar-refractivity contribution in [3.05, 3.63) is 65.7 Å². The van der Waals surface area contributed by atoms with Crippen LogP contribution in [-0.4, -0.2) is 169 Å². The van der Waals surface area contributed by atoms with Crippen molar-refractivity contribution in [3.8, 4) is 11.5 Å². The van der Waals surface area contributed by atoms with Gasteiger partial charge in [-0.25, -0.2) is 0 Å². The van der Waals surface area contributed by atoms with Gasteiger partial charge in [0.15, 0.2) is 22.6 Å². The molecule has 4 heterocycles. The first kappa shape index (κ1) is 76.2. The summed E-state index contributed by atoms with van der Waals surface area (Å²) in [7, 11) is -7.73. The van der Waals surface area contributed by atoms with Gasteiger partial charge >= 0.3 is 34.2 Å². The number of hydrogen-bond acceptors (Lipinski definition) is 21. The van der Waals surface area contributed by atoms with E-state index in [1.807, 2.05) is 0 Å². The quantitative estimate of drug-likeness (QED) is 0.0328. The van der Waals surface area contributed by atoms with E-state index in [-0.39, 0.29) is 93.3 Å². The average Bonchev–Trinajstić information content (AvgIpc) is 1.78. The normalized spacial score (nSPS) is 24.8. The van der Waals surface area contributed by atoms with Gasteiger partial charge in [0.25, 0.3) is 11.4 Å². The zero-order valence-corrected chi connectivity index (χ0v) is 59.2. The molecule has 4 aliphatic heterocycles. The number of rotatable bonds is 24. The van der Waals surface area contributed by atoms with E-state index in [1.54, 1.807) is 14.2 Å². The van der Waals surface area contributed by atoms with Crippen LogP contribution in [0.25, 0.3) is 0 Å². The zero-order chi connectivity index (χ0) is 65.8. The number of ether oxygens (including phenoxy) is 7. The van der Waals surface area contributed by atoms with Gasteiger partial charge in [0, 0.05) is 57.1 Å². The molecule has 4 aliphatic rings. The Labute approximate surface area is 526 Å². The van der Waals surface area contributed by atoms with Crippen LogP contribution in [0.1, 0.15) is 144 Å². The standard InChI is InChI=1S/C28H47ClN2O10Si2.C21H44O7Si2.C7H5ClN2O4/c1-16(2)42(17(3)4)38-15-23-25(40-43(41-42,18(5)6)19(7)8)26(28(35-9)39-23)37-12-10-11-36-22-14-20(27(30)32)13-21(24(22)29)31(33)34;1-14(2)29(15(3)4)25-13-18-19(27-30(28-29,16(5)6)17(7)8)20(21(23-9)26-18)24-12-10-11-22;8-6-4(10(13)14)1-3(7(9)12)2-5(6)11/h13-14,16-19,23,25-26,28H,10-12,15H2,1-9H3,(H2,30,32);14-22H,10-13H2,1-9H3;1-2,11H,(H2,9,12)/t23-,25-,26-,28-;18-,19-,20-,21-;/m11./s1. The Morgan fingerprint density at radius 2 is 0.943 bits per heavy atom. The number of benzene rings is 2. The number of nitro groups is 2. The number of carbonyl (C=O) groups excluding carboxylic acids is 2. The Balaban J connectivity index is 0.000000317. The summed E-state index contributed by atoms with van der Waals surface area (Å²) in [5.41, 5.74) is 10.7. The number of aromatic hydroxyl groups is 1. The van der Waals surface area contributed by atoms with Gasteiger partial charge in [-0.3, -0.25) is 29.8 Å². The van der Waals surface area contributed by atoms with Gasteiger partial charge in [0.05, 0.1) is 36.3 Å². The summed E-state index contributed by atoms with van der Waals surface area (Å²) >= 11 is 11.6. The molecule has 0 aromatic heterocycles. The molecule has 25 nitrogen and oxygen atoms in total. The number of halogens is 2. The maximum atomic E-state index is 11.6. The molecule has 0 saturated carbocycles. The molecule has 0 radical (unpaired) electrons. The van der Waals surface area contributed by atoms with Crippen molar-refractivity contribution >= 4 is 80.6 Å². The van der Waals surface area contributed by atoms with Crippen LogP contribution < -0.4 is 16.2 Å². The Morgan fingerprint density at radius 3 is 1.28 bits per heavy atom. The lowest BCUT2D eigenvalue weighted by Gasteiger charge is -2.51. The van der Waals surface area contributed by atoms with Gasteiger partial charge in [-0.05, 0) is 62.9 Å². The SMILES string of the molecule is CO[C@@H]1O[C@@H]2CO[Si](C(C)C)(C(C)C)O[Si](C(C)C)(C(C)C)O[C@H]2[C@H]1OCCCO.CO[C@@H]1O[C@@H]2CO[Si](C(C)C)(C(C)C)O[Si](C(C)C)(C(C)C)O[C@H]2[C@H]1OCCCOc1cc(C(N)=O)cc([N+](=O)[O-])c1Cl.NC(=O)c1cc(O)c(Cl)c([N+](=O)[O-])c1. The number of amides is 2. The Kier molecular flexibility index (Phi) is 28.7. The van der Waals surface area contributed by atoms with E-state index in [0.29, 0.717) is 43.7 Å². The van der Waals surface area contributed by atoms with Crippen molar-refractivity contribution < 1.29 is 88.7 Å². The number of methoxy groups -OCH3 is 2. The molecule has 0 bridgehead atoms. The Hall–Kier alpha value is -3.29. The number of phenols is 1. The largest absolute Gasteiger partial charge is 0.506 e. The van der Waals surface area contributed by atoms with Crippen molar-refractivity contribution in [1.29, 1.82) is 0 Å². The van der Waals surface area contributed by atoms with E-state index in [4.69, 9.17) is 104 Å². The fourth-order valence-corrected chi connectivity index (χ4v) is 34.3. The number of nitrogens with two attached hydrogens (primary N) is 2. The highest BCUT2D eigenvalue weighted by Crippen LogP contribution is 2.50. The molecule has 31 heteroatoms. The van der Waals surface area contributed by atoms with Gasteiger partial charge in [-0.2, -0.15) is 0 Å². The molecule has 0 unspecified atom stereocenters. The highest BCUT2D eigenvalue weighted by Gasteiger charge is 2.64. The molecule has 4 saturated heterocycles. The molecule has 0 aliphatic carbocycles. The smallest absolute Gasteiger partial charge is 0.335 e. The summed E-state index contributed by atoms with van der Waals surface area (Å²) < 4.78 is 84.1. The van der Waals surface area contributed by atoms with Crippen molar-refractivity contribution in [1.82, 2.24) is 0 Å². The van der Waals surface area contributed by atoms with Gasteiger partial charge in [-0.1, -0.05) is 134 Å². The number of fused-ring (bicyclic) bond motifs is 2. The third-order valence-electron chi connectivity index (χ3n) is 16.1. The van der Waals surface area contributed by atoms with Crippen LogP contribution >= 0.6 is 23.2 Å². The maximum Gasteiger partial charge on any atom is 0.335 e. The van der Waals surface area contributed by atoms with Crippen LogP contribution in [0.2, 0.25) is 54.4 Å². The second-order valence-corrected chi connectivity index (χ2v) is 42.9. The second-order valence-electron chi connectivity index (χ2n) is 24.5. The average molecular weight is 1340 g/mol. The van der Waals surface area contributed by atoms with Gasteiger partial charge in [0.2, 0.25) is 11.8 Å². The lowest BCUT2D eigenvalue weighted by molar-refractivity contribution is -0.384. The fraction of sp³-hybridized carbons (Fsp3) is 0.750. The highest BCUT2D eigenvalue weighted by molar-refractivity contribution is 6.84. The van der Waals surface area contributed by atoms with Crippen LogP contribution in [0, 0.1) is 20.2 Å². The lowest BCUT2D eigenvalue weighted by Crippen LogP contribution is -2.66. The summed E-state index contributed by atoms with van der Waals surface area (Å²) in [6.45, 7) is 36.5. The van der Waals surface area contributed by atoms with Gasteiger partial charge in [-0.15, -0.1) is 0 Å². The Bertz CT molecular complexity index is 2580. The van der Waals surface area contributed by atoms with E-state index < -0.39 is 109 Å². The van der Waals surface area contributed by atoms with Crippen LogP contribution in [0.5, 0.6) is 11.5 Å². The predicted octanol–water partition coefficient (Wildman–Crippen LogP) is 11.0. The molecule has 4 fully saturated rings. The molecule has 496 valence electrons. The third-order valence-corrected chi connectivity index (χ3v) is 37.4. The number of hydrogen-bond donors (Lipinski definition) is 4. The van der Waals surface area contributed by atoms with Crippen LogP contribution in [0.4, 0.5) is 11.4 Å². The number of carbonyl (C=O) groups is 2. The first-order valence-corrected chi connectivity index (χ1v) is 38.3. The molecule has 8 atom stereocenters. The number of phenolic OH excluding ortho intramolecular Hbond substituents is 1. The van der Waals surface area contributed by atoms with Gasteiger partial charge < -0.3 is 80.8 Å². The lowest BCUT2D eigenvalue weighted by atomic mass is 10.1. The molecule has 0 spiro atoms. The van der Waals surface area contributed by atoms with Crippen LogP contribution in [-0.2, 0) is 54.4 Å². The number of aliphatic hydroxyl groups is 1. The zero-order valence-electron chi connectivity index (χ0n) is 53.7. The molecule has 87 heavy (non-hydrogen) atoms. The summed E-state index contributed by atoms with van der Waals surface area (Å²) in [5, 5.41) is 39.4. The molecular weight excluding hydrogens is 1250 g/mol. The summed E-state index contributed by atoms with van der Waals surface area (Å²) in [6.07, 6.45) is -2.65. The van der Waals surface area contributed by atoms with Crippen molar-refractivity contribution in [2.45, 2.75) is 217 Å². The topological polar surface area (TPSA) is 333 Å². The molecule has 6 rings (SSSR count). The van der Waals surface area contributed by atoms with Crippen LogP contribution in [0.15, 0.2) is 24.3 Å².